The summed E-state index contributed by atoms with van der Waals surface area (Å²) in [6.07, 6.45) is 5.82. The molecule has 0 spiro atoms. The van der Waals surface area contributed by atoms with Crippen LogP contribution in [0.25, 0.3) is 0 Å². The second-order valence-corrected chi connectivity index (χ2v) is 5.43. The molecule has 1 aliphatic carbocycles. The molecule has 0 aromatic carbocycles. The lowest BCUT2D eigenvalue weighted by molar-refractivity contribution is 0.526. The molecule has 1 aromatic rings. The van der Waals surface area contributed by atoms with Crippen molar-refractivity contribution in [3.05, 3.63) is 23.7 Å². The minimum absolute atomic E-state index is 0.699. The van der Waals surface area contributed by atoms with Gasteiger partial charge < -0.3 is 9.73 Å². The number of hydrogen-bond acceptors (Lipinski definition) is 3. The van der Waals surface area contributed by atoms with Gasteiger partial charge in [0, 0.05) is 11.3 Å². The van der Waals surface area contributed by atoms with E-state index >= 15 is 0 Å². The average Bonchev–Trinajstić information content (AvgIpc) is 2.83. The molecule has 2 nitrogen and oxygen atoms in total. The van der Waals surface area contributed by atoms with E-state index in [1.54, 1.807) is 6.26 Å². The van der Waals surface area contributed by atoms with Gasteiger partial charge in [0.05, 0.1) is 12.0 Å². The van der Waals surface area contributed by atoms with Crippen LogP contribution in [0, 0.1) is 6.92 Å². The highest BCUT2D eigenvalue weighted by molar-refractivity contribution is 7.99. The highest BCUT2D eigenvalue weighted by Crippen LogP contribution is 2.32. The molecule has 0 bridgehead atoms. The summed E-state index contributed by atoms with van der Waals surface area (Å²) in [4.78, 5) is 0. The molecule has 84 valence electrons. The Labute approximate surface area is 95.8 Å². The Balaban J connectivity index is 1.85. The van der Waals surface area contributed by atoms with Crippen LogP contribution in [0.15, 0.2) is 16.7 Å². The van der Waals surface area contributed by atoms with Gasteiger partial charge in [-0.2, -0.15) is 0 Å². The maximum Gasteiger partial charge on any atom is 0.116 e. The zero-order valence-electron chi connectivity index (χ0n) is 9.45. The molecular formula is C12H19NOS. The van der Waals surface area contributed by atoms with Crippen LogP contribution in [0.3, 0.4) is 0 Å². The van der Waals surface area contributed by atoms with E-state index in [0.29, 0.717) is 6.04 Å². The fourth-order valence-electron chi connectivity index (χ4n) is 2.19. The lowest BCUT2D eigenvalue weighted by atomic mass is 10.2. The van der Waals surface area contributed by atoms with Crippen LogP contribution in [0.1, 0.15) is 30.6 Å². The highest BCUT2D eigenvalue weighted by Gasteiger charge is 2.26. The lowest BCUT2D eigenvalue weighted by Gasteiger charge is -2.17. The Hall–Kier alpha value is -0.410. The third-order valence-corrected chi connectivity index (χ3v) is 4.64. The monoisotopic (exact) mass is 225 g/mol. The van der Waals surface area contributed by atoms with Gasteiger partial charge in [-0.15, -0.1) is 11.8 Å². The van der Waals surface area contributed by atoms with Gasteiger partial charge in [-0.1, -0.05) is 6.42 Å². The minimum atomic E-state index is 0.699. The van der Waals surface area contributed by atoms with Crippen LogP contribution in [0.5, 0.6) is 0 Å². The third-order valence-electron chi connectivity index (χ3n) is 3.22. The number of hydrogen-bond donors (Lipinski definition) is 1. The summed E-state index contributed by atoms with van der Waals surface area (Å²) in [6, 6.07) is 2.74. The molecule has 2 unspecified atom stereocenters. The summed E-state index contributed by atoms with van der Waals surface area (Å²) in [5.41, 5.74) is 1.28. The van der Waals surface area contributed by atoms with Crippen molar-refractivity contribution in [3.8, 4) is 0 Å². The van der Waals surface area contributed by atoms with Crippen LogP contribution < -0.4 is 5.32 Å². The van der Waals surface area contributed by atoms with Crippen molar-refractivity contribution < 1.29 is 4.42 Å². The molecule has 0 amide bonds. The first-order valence-corrected chi connectivity index (χ1v) is 6.68. The summed E-state index contributed by atoms with van der Waals surface area (Å²) in [5, 5.41) is 4.17. The zero-order valence-corrected chi connectivity index (χ0v) is 10.3. The highest BCUT2D eigenvalue weighted by atomic mass is 32.2. The van der Waals surface area contributed by atoms with Crippen molar-refractivity contribution >= 4 is 11.8 Å². The fraction of sp³-hybridized carbons (Fsp3) is 0.667. The standard InChI is InChI=1S/C12H19NOS/c1-9-6-7-14-11(9)8-15-12-5-3-4-10(12)13-2/h6-7,10,12-13H,3-5,8H2,1-2H3. The third kappa shape index (κ3) is 2.58. The van der Waals surface area contributed by atoms with Gasteiger partial charge in [-0.25, -0.2) is 0 Å². The van der Waals surface area contributed by atoms with Crippen molar-refractivity contribution in [2.75, 3.05) is 7.05 Å². The molecule has 15 heavy (non-hydrogen) atoms. The number of rotatable bonds is 4. The van der Waals surface area contributed by atoms with Gasteiger partial charge in [0.1, 0.15) is 5.76 Å². The number of aryl methyl sites for hydroxylation is 1. The molecule has 1 heterocycles. The SMILES string of the molecule is CNC1CCCC1SCc1occc1C. The van der Waals surface area contributed by atoms with Crippen LogP contribution >= 0.6 is 11.8 Å². The normalized spacial score (nSPS) is 26.0. The van der Waals surface area contributed by atoms with E-state index in [4.69, 9.17) is 4.42 Å². The smallest absolute Gasteiger partial charge is 0.116 e. The second kappa shape index (κ2) is 5.08. The van der Waals surface area contributed by atoms with E-state index < -0.39 is 0 Å². The zero-order chi connectivity index (χ0) is 10.7. The molecule has 2 atom stereocenters. The predicted octanol–water partition coefficient (Wildman–Crippen LogP) is 2.96. The Bertz CT molecular complexity index is 310. The minimum Gasteiger partial charge on any atom is -0.468 e. The van der Waals surface area contributed by atoms with Crippen LogP contribution in [0.4, 0.5) is 0 Å². The summed E-state index contributed by atoms with van der Waals surface area (Å²) in [7, 11) is 2.07. The fourth-order valence-corrected chi connectivity index (χ4v) is 3.69. The maximum absolute atomic E-state index is 5.45. The van der Waals surface area contributed by atoms with Gasteiger partial charge in [0.15, 0.2) is 0 Å². The Morgan fingerprint density at radius 1 is 1.53 bits per heavy atom. The van der Waals surface area contributed by atoms with E-state index in [1.807, 2.05) is 17.8 Å². The van der Waals surface area contributed by atoms with E-state index in [9.17, 15) is 0 Å². The molecule has 2 rings (SSSR count). The van der Waals surface area contributed by atoms with Gasteiger partial charge in [0.2, 0.25) is 0 Å². The Morgan fingerprint density at radius 3 is 3.07 bits per heavy atom. The van der Waals surface area contributed by atoms with Crippen LogP contribution in [-0.2, 0) is 5.75 Å². The first-order valence-electron chi connectivity index (χ1n) is 5.63. The summed E-state index contributed by atoms with van der Waals surface area (Å²) < 4.78 is 5.45. The second-order valence-electron chi connectivity index (χ2n) is 4.20. The Morgan fingerprint density at radius 2 is 2.40 bits per heavy atom. The first kappa shape index (κ1) is 11.1. The quantitative estimate of drug-likeness (QED) is 0.853. The molecular weight excluding hydrogens is 206 g/mol. The van der Waals surface area contributed by atoms with Crippen molar-refractivity contribution in [1.29, 1.82) is 0 Å². The molecule has 0 saturated heterocycles. The maximum atomic E-state index is 5.45. The van der Waals surface area contributed by atoms with E-state index in [1.165, 1.54) is 24.8 Å². The molecule has 1 aliphatic rings. The van der Waals surface area contributed by atoms with Crippen molar-refractivity contribution in [2.45, 2.75) is 43.2 Å². The predicted molar refractivity (Wildman–Crippen MR) is 65.2 cm³/mol. The summed E-state index contributed by atoms with van der Waals surface area (Å²) in [6.45, 7) is 2.11. The topological polar surface area (TPSA) is 25.2 Å². The lowest BCUT2D eigenvalue weighted by Crippen LogP contribution is -2.30. The molecule has 1 aromatic heterocycles. The van der Waals surface area contributed by atoms with Gasteiger partial charge >= 0.3 is 0 Å². The van der Waals surface area contributed by atoms with Crippen molar-refractivity contribution in [3.63, 3.8) is 0 Å². The molecule has 0 aliphatic heterocycles. The molecule has 3 heteroatoms. The van der Waals surface area contributed by atoms with Gasteiger partial charge in [-0.05, 0) is 38.4 Å². The largest absolute Gasteiger partial charge is 0.468 e. The van der Waals surface area contributed by atoms with E-state index in [2.05, 4.69) is 19.3 Å². The van der Waals surface area contributed by atoms with Crippen molar-refractivity contribution in [2.24, 2.45) is 0 Å². The van der Waals surface area contributed by atoms with Gasteiger partial charge in [0.25, 0.3) is 0 Å². The molecule has 0 radical (unpaired) electrons. The van der Waals surface area contributed by atoms with Crippen molar-refractivity contribution in [1.82, 2.24) is 5.32 Å². The summed E-state index contributed by atoms with van der Waals surface area (Å²) in [5.74, 6) is 2.16. The average molecular weight is 225 g/mol. The van der Waals surface area contributed by atoms with Crippen LogP contribution in [0.2, 0.25) is 0 Å². The number of thioether (sulfide) groups is 1. The molecule has 1 fully saturated rings. The van der Waals surface area contributed by atoms with Gasteiger partial charge in [-0.3, -0.25) is 0 Å². The first-order chi connectivity index (χ1) is 7.31. The van der Waals surface area contributed by atoms with E-state index in [-0.39, 0.29) is 0 Å². The van der Waals surface area contributed by atoms with Crippen LogP contribution in [-0.4, -0.2) is 18.3 Å². The number of furan rings is 1. The van der Waals surface area contributed by atoms with E-state index in [0.717, 1.165) is 16.8 Å². The molecule has 1 N–H and O–H groups in total. The number of nitrogens with one attached hydrogen (secondary N) is 1. The molecule has 1 saturated carbocycles. The Kier molecular flexibility index (Phi) is 3.76. The summed E-state index contributed by atoms with van der Waals surface area (Å²) >= 11 is 2.03.